The van der Waals surface area contributed by atoms with Crippen molar-refractivity contribution in [3.63, 3.8) is 0 Å². The standard InChI is InChI=1S/C17H11F6NO2/c18-16(19,20)12(11-6-2-1-3-7-11)10-15(25)24-13-8-4-5-9-14(13)26-17(21,22)23/h1-10H,(H,24,25)/b12-10-. The number of halogens is 6. The predicted octanol–water partition coefficient (Wildman–Crippen LogP) is 5.17. The van der Waals surface area contributed by atoms with Crippen LogP contribution in [0.3, 0.4) is 0 Å². The van der Waals surface area contributed by atoms with E-state index in [1.54, 1.807) is 0 Å². The van der Waals surface area contributed by atoms with Gasteiger partial charge in [-0.3, -0.25) is 4.79 Å². The van der Waals surface area contributed by atoms with E-state index >= 15 is 0 Å². The lowest BCUT2D eigenvalue weighted by molar-refractivity contribution is -0.274. The summed E-state index contributed by atoms with van der Waals surface area (Å²) in [6.07, 6.45) is -9.57. The number of amides is 1. The number of hydrogen-bond acceptors (Lipinski definition) is 2. The molecule has 0 radical (unpaired) electrons. The molecule has 2 aromatic carbocycles. The second-order valence-electron chi connectivity index (χ2n) is 4.96. The molecule has 0 aromatic heterocycles. The van der Waals surface area contributed by atoms with Crippen LogP contribution in [0.1, 0.15) is 5.56 Å². The lowest BCUT2D eigenvalue weighted by Gasteiger charge is -2.14. The quantitative estimate of drug-likeness (QED) is 0.592. The fourth-order valence-corrected chi connectivity index (χ4v) is 2.03. The van der Waals surface area contributed by atoms with Crippen molar-refractivity contribution in [3.05, 3.63) is 66.2 Å². The fraction of sp³-hybridized carbons (Fsp3) is 0.118. The minimum Gasteiger partial charge on any atom is -0.404 e. The summed E-state index contributed by atoms with van der Waals surface area (Å²) in [7, 11) is 0. The van der Waals surface area contributed by atoms with E-state index in [2.05, 4.69) is 4.74 Å². The van der Waals surface area contributed by atoms with Gasteiger partial charge in [-0.2, -0.15) is 13.2 Å². The molecule has 138 valence electrons. The molecule has 2 aromatic rings. The summed E-state index contributed by atoms with van der Waals surface area (Å²) in [5.41, 5.74) is -1.90. The van der Waals surface area contributed by atoms with E-state index in [1.807, 2.05) is 5.32 Å². The van der Waals surface area contributed by atoms with E-state index in [9.17, 15) is 31.1 Å². The number of hydrogen-bond donors (Lipinski definition) is 1. The van der Waals surface area contributed by atoms with Crippen LogP contribution in [-0.2, 0) is 4.79 Å². The number of alkyl halides is 6. The number of ether oxygens (including phenoxy) is 1. The number of nitrogens with one attached hydrogen (secondary N) is 1. The summed E-state index contributed by atoms with van der Waals surface area (Å²) in [6.45, 7) is 0. The molecule has 0 spiro atoms. The van der Waals surface area contributed by atoms with Crippen molar-refractivity contribution in [1.29, 1.82) is 0 Å². The van der Waals surface area contributed by atoms with Crippen molar-refractivity contribution in [3.8, 4) is 5.75 Å². The van der Waals surface area contributed by atoms with Crippen LogP contribution >= 0.6 is 0 Å². The molecule has 0 aliphatic carbocycles. The molecule has 0 fully saturated rings. The number of carbonyl (C=O) groups excluding carboxylic acids is 1. The van der Waals surface area contributed by atoms with Gasteiger partial charge in [0.15, 0.2) is 5.75 Å². The normalized spacial score (nSPS) is 12.6. The lowest BCUT2D eigenvalue weighted by atomic mass is 10.1. The van der Waals surface area contributed by atoms with Gasteiger partial charge in [0, 0.05) is 6.08 Å². The minimum atomic E-state index is -5.02. The minimum absolute atomic E-state index is 0.255. The van der Waals surface area contributed by atoms with Crippen molar-refractivity contribution in [2.45, 2.75) is 12.5 Å². The number of para-hydroxylation sites is 2. The molecule has 0 aliphatic rings. The molecule has 0 bridgehead atoms. The highest BCUT2D eigenvalue weighted by atomic mass is 19.4. The summed E-state index contributed by atoms with van der Waals surface area (Å²) < 4.78 is 80.3. The van der Waals surface area contributed by atoms with Crippen LogP contribution in [0.5, 0.6) is 5.75 Å². The van der Waals surface area contributed by atoms with Gasteiger partial charge in [0.25, 0.3) is 0 Å². The topological polar surface area (TPSA) is 38.3 Å². The number of rotatable bonds is 4. The highest BCUT2D eigenvalue weighted by molar-refractivity contribution is 6.05. The van der Waals surface area contributed by atoms with Crippen molar-refractivity contribution >= 4 is 17.2 Å². The Bertz CT molecular complexity index is 797. The summed E-state index contributed by atoms with van der Waals surface area (Å²) in [6, 6.07) is 11.1. The second kappa shape index (κ2) is 7.51. The number of benzene rings is 2. The van der Waals surface area contributed by atoms with Gasteiger partial charge in [-0.15, -0.1) is 13.2 Å². The first-order valence-corrected chi connectivity index (χ1v) is 7.06. The maximum absolute atomic E-state index is 13.2. The zero-order chi connectivity index (χ0) is 19.4. The Labute approximate surface area is 143 Å². The Morgan fingerprint density at radius 2 is 1.46 bits per heavy atom. The van der Waals surface area contributed by atoms with E-state index in [0.717, 1.165) is 24.3 Å². The van der Waals surface area contributed by atoms with E-state index in [0.29, 0.717) is 0 Å². The van der Waals surface area contributed by atoms with Crippen LogP contribution < -0.4 is 10.1 Å². The fourth-order valence-electron chi connectivity index (χ4n) is 2.03. The van der Waals surface area contributed by atoms with Gasteiger partial charge in [-0.1, -0.05) is 42.5 Å². The molecular weight excluding hydrogens is 364 g/mol. The lowest BCUT2D eigenvalue weighted by Crippen LogP contribution is -2.20. The zero-order valence-electron chi connectivity index (χ0n) is 12.9. The Morgan fingerprint density at radius 3 is 2.04 bits per heavy atom. The summed E-state index contributed by atoms with van der Waals surface area (Å²) in [4.78, 5) is 11.9. The Balaban J connectivity index is 2.30. The molecule has 3 nitrogen and oxygen atoms in total. The first-order chi connectivity index (χ1) is 12.1. The molecule has 0 saturated heterocycles. The van der Waals surface area contributed by atoms with Crippen LogP contribution in [-0.4, -0.2) is 18.4 Å². The van der Waals surface area contributed by atoms with E-state index in [1.165, 1.54) is 30.3 Å². The van der Waals surface area contributed by atoms with E-state index in [4.69, 9.17) is 0 Å². The Morgan fingerprint density at radius 1 is 0.885 bits per heavy atom. The first-order valence-electron chi connectivity index (χ1n) is 7.06. The van der Waals surface area contributed by atoms with Crippen molar-refractivity contribution in [1.82, 2.24) is 0 Å². The molecule has 2 rings (SSSR count). The number of carbonyl (C=O) groups is 1. The summed E-state index contributed by atoms with van der Waals surface area (Å²) in [5.74, 6) is -1.99. The maximum Gasteiger partial charge on any atom is 0.573 e. The van der Waals surface area contributed by atoms with Crippen molar-refractivity contribution < 1.29 is 35.9 Å². The predicted molar refractivity (Wildman–Crippen MR) is 82.2 cm³/mol. The van der Waals surface area contributed by atoms with Crippen molar-refractivity contribution in [2.24, 2.45) is 0 Å². The third-order valence-electron chi connectivity index (χ3n) is 3.04. The third-order valence-corrected chi connectivity index (χ3v) is 3.04. The first kappa shape index (κ1) is 19.4. The van der Waals surface area contributed by atoms with Crippen LogP contribution in [0.2, 0.25) is 0 Å². The molecule has 0 heterocycles. The number of anilines is 1. The summed E-state index contributed by atoms with van der Waals surface area (Å²) in [5, 5.41) is 1.97. The molecule has 26 heavy (non-hydrogen) atoms. The monoisotopic (exact) mass is 375 g/mol. The smallest absolute Gasteiger partial charge is 0.404 e. The van der Waals surface area contributed by atoms with Gasteiger partial charge < -0.3 is 10.1 Å². The summed E-state index contributed by atoms with van der Waals surface area (Å²) >= 11 is 0. The maximum atomic E-state index is 13.2. The average molecular weight is 375 g/mol. The van der Waals surface area contributed by atoms with E-state index in [-0.39, 0.29) is 11.6 Å². The van der Waals surface area contributed by atoms with Crippen LogP contribution in [0, 0.1) is 0 Å². The third kappa shape index (κ3) is 5.54. The van der Waals surface area contributed by atoms with Gasteiger partial charge in [0.05, 0.1) is 11.3 Å². The number of allylic oxidation sites excluding steroid dienone is 1. The highest BCUT2D eigenvalue weighted by Gasteiger charge is 2.35. The van der Waals surface area contributed by atoms with Gasteiger partial charge in [-0.25, -0.2) is 0 Å². The largest absolute Gasteiger partial charge is 0.573 e. The van der Waals surface area contributed by atoms with Crippen LogP contribution in [0.15, 0.2) is 60.7 Å². The highest BCUT2D eigenvalue weighted by Crippen LogP contribution is 2.34. The van der Waals surface area contributed by atoms with Crippen molar-refractivity contribution in [2.75, 3.05) is 5.32 Å². The van der Waals surface area contributed by atoms with E-state index < -0.39 is 35.5 Å². The molecule has 1 N–H and O–H groups in total. The molecule has 0 aliphatic heterocycles. The molecule has 0 saturated carbocycles. The van der Waals surface area contributed by atoms with Gasteiger partial charge in [-0.05, 0) is 17.7 Å². The average Bonchev–Trinajstić information content (AvgIpc) is 2.53. The molecule has 0 unspecified atom stereocenters. The molecular formula is C17H11F6NO2. The molecule has 1 amide bonds. The molecule has 0 atom stereocenters. The SMILES string of the molecule is O=C(/C=C(/c1ccccc1)C(F)(F)F)Nc1ccccc1OC(F)(F)F. The Kier molecular flexibility index (Phi) is 5.59. The Hall–Kier alpha value is -2.97. The van der Waals surface area contributed by atoms with Crippen LogP contribution in [0.25, 0.3) is 5.57 Å². The second-order valence-corrected chi connectivity index (χ2v) is 4.96. The van der Waals surface area contributed by atoms with Gasteiger partial charge in [0.2, 0.25) is 5.91 Å². The van der Waals surface area contributed by atoms with Gasteiger partial charge in [0.1, 0.15) is 0 Å². The zero-order valence-corrected chi connectivity index (χ0v) is 12.9. The van der Waals surface area contributed by atoms with Crippen LogP contribution in [0.4, 0.5) is 32.0 Å². The molecule has 9 heteroatoms. The van der Waals surface area contributed by atoms with Gasteiger partial charge >= 0.3 is 12.5 Å².